The van der Waals surface area contributed by atoms with Crippen molar-refractivity contribution in [3.05, 3.63) is 24.3 Å². The van der Waals surface area contributed by atoms with Crippen molar-refractivity contribution in [3.8, 4) is 0 Å². The van der Waals surface area contributed by atoms with Crippen molar-refractivity contribution in [1.82, 2.24) is 0 Å². The number of ether oxygens (including phenoxy) is 1. The number of hydrogen-bond acceptors (Lipinski definition) is 6. The van der Waals surface area contributed by atoms with Crippen LogP contribution in [-0.2, 0) is 14.3 Å². The Morgan fingerprint density at radius 2 is 1.84 bits per heavy atom. The highest BCUT2D eigenvalue weighted by atomic mass is 16.5. The van der Waals surface area contributed by atoms with E-state index in [4.69, 9.17) is 9.84 Å². The maximum atomic E-state index is 11.3. The van der Waals surface area contributed by atoms with Crippen LogP contribution in [0.4, 0.5) is 0 Å². The van der Waals surface area contributed by atoms with Gasteiger partial charge in [-0.3, -0.25) is 9.59 Å². The molecule has 4 N–H and O–H groups in total. The molecule has 0 heterocycles. The Morgan fingerprint density at radius 3 is 2.55 bits per heavy atom. The van der Waals surface area contributed by atoms with E-state index >= 15 is 0 Å². The number of carboxylic acids is 1. The molecule has 1 aliphatic carbocycles. The zero-order chi connectivity index (χ0) is 23.1. The molecule has 1 fully saturated rings. The molecular formula is C24H40O7. The summed E-state index contributed by atoms with van der Waals surface area (Å²) in [5.74, 6) is -1.73. The van der Waals surface area contributed by atoms with E-state index in [2.05, 4.69) is 6.92 Å². The average Bonchev–Trinajstić information content (AvgIpc) is 2.99. The minimum absolute atomic E-state index is 0.0690. The standard InChI is InChI=1S/C24H40O7/c1-2-3-7-10-18(25)12-13-20-19(21(26)17-22(20)27)11-8-5-4-6-9-16-31-24(30)15-14-23(28)29/h5,8,12-13,18-22,25-27H,2-4,6-7,9-11,14-17H2,1H3,(H,28,29)/b8-5-,13-12+/t18-,19+,20+,21-,22+/m0/s1. The predicted octanol–water partition coefficient (Wildman–Crippen LogP) is 3.37. The van der Waals surface area contributed by atoms with Gasteiger partial charge in [0.1, 0.15) is 0 Å². The maximum Gasteiger partial charge on any atom is 0.306 e. The van der Waals surface area contributed by atoms with Crippen molar-refractivity contribution >= 4 is 11.9 Å². The molecule has 178 valence electrons. The highest BCUT2D eigenvalue weighted by molar-refractivity contribution is 5.76. The van der Waals surface area contributed by atoms with Gasteiger partial charge in [0.05, 0.1) is 37.8 Å². The van der Waals surface area contributed by atoms with Crippen molar-refractivity contribution < 1.29 is 34.8 Å². The Balaban J connectivity index is 2.29. The summed E-state index contributed by atoms with van der Waals surface area (Å²) in [4.78, 5) is 21.7. The fourth-order valence-corrected chi connectivity index (χ4v) is 3.87. The second-order valence-electron chi connectivity index (χ2n) is 8.38. The van der Waals surface area contributed by atoms with Crippen LogP contribution in [-0.4, -0.2) is 57.3 Å². The first-order valence-electron chi connectivity index (χ1n) is 11.6. The number of hydrogen-bond donors (Lipinski definition) is 4. The molecular weight excluding hydrogens is 400 g/mol. The smallest absolute Gasteiger partial charge is 0.306 e. The van der Waals surface area contributed by atoms with Gasteiger partial charge in [-0.15, -0.1) is 0 Å². The first kappa shape index (κ1) is 27.3. The van der Waals surface area contributed by atoms with Crippen LogP contribution in [0.5, 0.6) is 0 Å². The van der Waals surface area contributed by atoms with Gasteiger partial charge in [0.2, 0.25) is 0 Å². The number of esters is 1. The lowest BCUT2D eigenvalue weighted by atomic mass is 9.89. The van der Waals surface area contributed by atoms with E-state index < -0.39 is 30.3 Å². The van der Waals surface area contributed by atoms with Crippen LogP contribution in [0.15, 0.2) is 24.3 Å². The van der Waals surface area contributed by atoms with E-state index in [0.29, 0.717) is 19.3 Å². The Morgan fingerprint density at radius 1 is 1.06 bits per heavy atom. The quantitative estimate of drug-likeness (QED) is 0.165. The number of aliphatic hydroxyl groups is 3. The second-order valence-corrected chi connectivity index (χ2v) is 8.38. The lowest BCUT2D eigenvalue weighted by Crippen LogP contribution is -2.20. The Kier molecular flexibility index (Phi) is 14.1. The van der Waals surface area contributed by atoms with Crippen molar-refractivity contribution in [3.63, 3.8) is 0 Å². The van der Waals surface area contributed by atoms with E-state index in [-0.39, 0.29) is 31.3 Å². The Hall–Kier alpha value is -1.70. The van der Waals surface area contributed by atoms with E-state index in [1.807, 2.05) is 18.2 Å². The minimum atomic E-state index is -1.01. The van der Waals surface area contributed by atoms with Gasteiger partial charge in [-0.25, -0.2) is 0 Å². The second kappa shape index (κ2) is 16.0. The van der Waals surface area contributed by atoms with Crippen molar-refractivity contribution in [2.45, 2.75) is 95.9 Å². The van der Waals surface area contributed by atoms with Crippen LogP contribution in [0.2, 0.25) is 0 Å². The summed E-state index contributed by atoms with van der Waals surface area (Å²) in [6, 6.07) is 0. The molecule has 31 heavy (non-hydrogen) atoms. The van der Waals surface area contributed by atoms with E-state index in [9.17, 15) is 24.9 Å². The molecule has 7 nitrogen and oxygen atoms in total. The third kappa shape index (κ3) is 12.1. The number of aliphatic carboxylic acids is 1. The molecule has 0 amide bonds. The molecule has 0 radical (unpaired) electrons. The number of rotatable bonds is 16. The van der Waals surface area contributed by atoms with Gasteiger partial charge in [0, 0.05) is 12.3 Å². The average molecular weight is 441 g/mol. The molecule has 7 heteroatoms. The first-order valence-corrected chi connectivity index (χ1v) is 11.6. The van der Waals surface area contributed by atoms with Crippen LogP contribution in [0.25, 0.3) is 0 Å². The van der Waals surface area contributed by atoms with Gasteiger partial charge in [0.25, 0.3) is 0 Å². The summed E-state index contributed by atoms with van der Waals surface area (Å²) in [6.07, 6.45) is 13.0. The van der Waals surface area contributed by atoms with Crippen LogP contribution in [0.3, 0.4) is 0 Å². The zero-order valence-corrected chi connectivity index (χ0v) is 18.7. The number of carbonyl (C=O) groups is 2. The number of carboxylic acid groups (broad SMARTS) is 1. The minimum Gasteiger partial charge on any atom is -0.481 e. The van der Waals surface area contributed by atoms with E-state index in [0.717, 1.165) is 38.5 Å². The molecule has 1 rings (SSSR count). The Bertz CT molecular complexity index is 572. The third-order valence-electron chi connectivity index (χ3n) is 5.72. The van der Waals surface area contributed by atoms with Gasteiger partial charge < -0.3 is 25.2 Å². The molecule has 0 aromatic rings. The molecule has 0 bridgehead atoms. The molecule has 0 saturated heterocycles. The monoisotopic (exact) mass is 440 g/mol. The van der Waals surface area contributed by atoms with Gasteiger partial charge in [-0.1, -0.05) is 50.5 Å². The van der Waals surface area contributed by atoms with Crippen LogP contribution >= 0.6 is 0 Å². The predicted molar refractivity (Wildman–Crippen MR) is 118 cm³/mol. The fourth-order valence-electron chi connectivity index (χ4n) is 3.87. The SMILES string of the molecule is CCCCC[C@H](O)/C=C/[C@@H]1[C@@H](C/C=C\CCCCOC(=O)CCC(=O)O)[C@@H](O)C[C@H]1O. The normalized spacial score (nSPS) is 24.8. The molecule has 5 atom stereocenters. The fraction of sp³-hybridized carbons (Fsp3) is 0.750. The van der Waals surface area contributed by atoms with Crippen molar-refractivity contribution in [2.75, 3.05) is 6.61 Å². The summed E-state index contributed by atoms with van der Waals surface area (Å²) in [6.45, 7) is 2.41. The van der Waals surface area contributed by atoms with Gasteiger partial charge in [-0.05, 0) is 38.0 Å². The van der Waals surface area contributed by atoms with Crippen LogP contribution < -0.4 is 0 Å². The number of allylic oxidation sites excluding steroid dienone is 2. The van der Waals surface area contributed by atoms with Gasteiger partial charge in [-0.2, -0.15) is 0 Å². The lowest BCUT2D eigenvalue weighted by molar-refractivity contribution is -0.147. The topological polar surface area (TPSA) is 124 Å². The molecule has 0 spiro atoms. The number of carbonyl (C=O) groups excluding carboxylic acids is 1. The first-order chi connectivity index (χ1) is 14.8. The lowest BCUT2D eigenvalue weighted by Gasteiger charge is -2.19. The summed E-state index contributed by atoms with van der Waals surface area (Å²) in [5, 5.41) is 39.2. The summed E-state index contributed by atoms with van der Waals surface area (Å²) in [5.41, 5.74) is 0. The molecule has 0 unspecified atom stereocenters. The van der Waals surface area contributed by atoms with E-state index in [1.54, 1.807) is 6.08 Å². The van der Waals surface area contributed by atoms with Gasteiger partial charge >= 0.3 is 11.9 Å². The molecule has 0 aromatic heterocycles. The van der Waals surface area contributed by atoms with Crippen LogP contribution in [0.1, 0.15) is 77.6 Å². The van der Waals surface area contributed by atoms with Crippen molar-refractivity contribution in [1.29, 1.82) is 0 Å². The Labute approximate surface area is 185 Å². The number of aliphatic hydroxyl groups excluding tert-OH is 3. The zero-order valence-electron chi connectivity index (χ0n) is 18.7. The molecule has 1 saturated carbocycles. The van der Waals surface area contributed by atoms with E-state index in [1.165, 1.54) is 0 Å². The van der Waals surface area contributed by atoms with Crippen LogP contribution in [0, 0.1) is 11.8 Å². The molecule has 0 aliphatic heterocycles. The highest BCUT2D eigenvalue weighted by Crippen LogP contribution is 2.36. The summed E-state index contributed by atoms with van der Waals surface area (Å²) < 4.78 is 4.98. The largest absolute Gasteiger partial charge is 0.481 e. The summed E-state index contributed by atoms with van der Waals surface area (Å²) >= 11 is 0. The maximum absolute atomic E-state index is 11.3. The molecule has 0 aromatic carbocycles. The molecule has 1 aliphatic rings. The number of unbranched alkanes of at least 4 members (excludes halogenated alkanes) is 4. The third-order valence-corrected chi connectivity index (χ3v) is 5.72. The van der Waals surface area contributed by atoms with Gasteiger partial charge in [0.15, 0.2) is 0 Å². The summed E-state index contributed by atoms with van der Waals surface area (Å²) in [7, 11) is 0. The van der Waals surface area contributed by atoms with Crippen molar-refractivity contribution in [2.24, 2.45) is 11.8 Å². The highest BCUT2D eigenvalue weighted by Gasteiger charge is 2.39.